The van der Waals surface area contributed by atoms with E-state index in [9.17, 15) is 9.59 Å². The highest BCUT2D eigenvalue weighted by Gasteiger charge is 2.29. The molecule has 164 valence electrons. The minimum Gasteiger partial charge on any atom is -0.497 e. The number of likely N-dealkylation sites (tertiary alicyclic amines) is 1. The smallest absolute Gasteiger partial charge is 0.269 e. The van der Waals surface area contributed by atoms with Crippen LogP contribution in [-0.4, -0.2) is 53.9 Å². The maximum Gasteiger partial charge on any atom is 0.269 e. The van der Waals surface area contributed by atoms with Gasteiger partial charge >= 0.3 is 0 Å². The fraction of sp³-hybridized carbons (Fsp3) is 0.458. The maximum atomic E-state index is 12.6. The number of allylic oxidation sites excluding steroid dienone is 2. The first-order valence-corrected chi connectivity index (χ1v) is 11.0. The Balaban J connectivity index is 1.47. The molecule has 1 fully saturated rings. The van der Waals surface area contributed by atoms with Crippen LogP contribution in [0.1, 0.15) is 54.3 Å². The Kier molecular flexibility index (Phi) is 6.39. The molecular formula is C24H30N4O3. The van der Waals surface area contributed by atoms with Gasteiger partial charge in [-0.1, -0.05) is 12.2 Å². The third-order valence-electron chi connectivity index (χ3n) is 6.32. The number of benzene rings is 1. The summed E-state index contributed by atoms with van der Waals surface area (Å²) in [7, 11) is 3.24. The Morgan fingerprint density at radius 2 is 1.94 bits per heavy atom. The largest absolute Gasteiger partial charge is 0.497 e. The molecule has 1 saturated heterocycles. The number of hydrogen-bond acceptors (Lipinski definition) is 4. The standard InChI is InChI=1S/C24H30N4O3/c1-25-24(30)22-21(17-7-9-19(31-2)10-8-17)26-23(27-22)18-11-13-28(14-12-18)20(29)15-16-5-3-4-6-16/h3,5,7-10,16,18H,4,6,11-15H2,1-2H3,(H,25,30)(H,26,27)/t16-/m0/s1. The van der Waals surface area contributed by atoms with Crippen LogP contribution in [0.5, 0.6) is 5.75 Å². The molecule has 2 aliphatic rings. The number of amides is 2. The Morgan fingerprint density at radius 3 is 2.55 bits per heavy atom. The second-order valence-corrected chi connectivity index (χ2v) is 8.28. The third kappa shape index (κ3) is 4.65. The maximum absolute atomic E-state index is 12.6. The van der Waals surface area contributed by atoms with E-state index in [4.69, 9.17) is 9.72 Å². The Hall–Kier alpha value is -3.09. The summed E-state index contributed by atoms with van der Waals surface area (Å²) >= 11 is 0. The number of H-pyrrole nitrogens is 1. The van der Waals surface area contributed by atoms with E-state index in [1.165, 1.54) is 0 Å². The molecule has 31 heavy (non-hydrogen) atoms. The number of nitrogens with zero attached hydrogens (tertiary/aromatic N) is 2. The molecule has 1 aliphatic carbocycles. The summed E-state index contributed by atoms with van der Waals surface area (Å²) < 4.78 is 5.23. The van der Waals surface area contributed by atoms with Crippen LogP contribution >= 0.6 is 0 Å². The summed E-state index contributed by atoms with van der Waals surface area (Å²) in [6, 6.07) is 7.54. The van der Waals surface area contributed by atoms with Crippen molar-refractivity contribution in [2.45, 2.75) is 38.0 Å². The van der Waals surface area contributed by atoms with Crippen LogP contribution < -0.4 is 10.1 Å². The van der Waals surface area contributed by atoms with Gasteiger partial charge in [-0.05, 0) is 55.9 Å². The lowest BCUT2D eigenvalue weighted by Crippen LogP contribution is -2.38. The summed E-state index contributed by atoms with van der Waals surface area (Å²) in [5.74, 6) is 2.23. The van der Waals surface area contributed by atoms with Crippen molar-refractivity contribution in [3.8, 4) is 17.0 Å². The quantitative estimate of drug-likeness (QED) is 0.698. The highest BCUT2D eigenvalue weighted by molar-refractivity contribution is 5.98. The number of ether oxygens (including phenoxy) is 1. The molecule has 1 atom stereocenters. The summed E-state index contributed by atoms with van der Waals surface area (Å²) in [5.41, 5.74) is 1.97. The number of methoxy groups -OCH3 is 1. The molecule has 1 aromatic heterocycles. The number of carbonyl (C=O) groups is 2. The normalized spacial score (nSPS) is 18.9. The van der Waals surface area contributed by atoms with Crippen molar-refractivity contribution in [2.24, 2.45) is 5.92 Å². The van der Waals surface area contributed by atoms with Gasteiger partial charge in [0.05, 0.1) is 7.11 Å². The fourth-order valence-electron chi connectivity index (χ4n) is 4.45. The highest BCUT2D eigenvalue weighted by atomic mass is 16.5. The first-order valence-electron chi connectivity index (χ1n) is 11.0. The molecule has 2 aromatic rings. The summed E-state index contributed by atoms with van der Waals surface area (Å²) in [6.45, 7) is 1.46. The number of hydrogen-bond donors (Lipinski definition) is 2. The van der Waals surface area contributed by atoms with Crippen molar-refractivity contribution in [1.29, 1.82) is 0 Å². The molecular weight excluding hydrogens is 392 g/mol. The molecule has 0 unspecified atom stereocenters. The lowest BCUT2D eigenvalue weighted by molar-refractivity contribution is -0.132. The zero-order valence-corrected chi connectivity index (χ0v) is 18.2. The predicted octanol–water partition coefficient (Wildman–Crippen LogP) is 3.51. The molecule has 1 aliphatic heterocycles. The van der Waals surface area contributed by atoms with E-state index in [-0.39, 0.29) is 17.7 Å². The third-order valence-corrected chi connectivity index (χ3v) is 6.32. The summed E-state index contributed by atoms with van der Waals surface area (Å²) in [5, 5.41) is 2.69. The molecule has 7 nitrogen and oxygen atoms in total. The fourth-order valence-corrected chi connectivity index (χ4v) is 4.45. The van der Waals surface area contributed by atoms with Crippen molar-refractivity contribution in [3.05, 3.63) is 47.9 Å². The van der Waals surface area contributed by atoms with Gasteiger partial charge in [-0.15, -0.1) is 0 Å². The minimum atomic E-state index is -0.193. The van der Waals surface area contributed by atoms with Crippen LogP contribution in [0.15, 0.2) is 36.4 Å². The second-order valence-electron chi connectivity index (χ2n) is 8.28. The molecule has 2 heterocycles. The van der Waals surface area contributed by atoms with Gasteiger partial charge < -0.3 is 19.9 Å². The van der Waals surface area contributed by atoms with Gasteiger partial charge in [0.25, 0.3) is 5.91 Å². The summed E-state index contributed by atoms with van der Waals surface area (Å²) in [4.78, 5) is 35.2. The number of aromatic nitrogens is 2. The molecule has 2 N–H and O–H groups in total. The average molecular weight is 423 g/mol. The molecule has 0 spiro atoms. The molecule has 0 saturated carbocycles. The van der Waals surface area contributed by atoms with E-state index in [0.717, 1.165) is 55.9 Å². The first kappa shape index (κ1) is 21.2. The van der Waals surface area contributed by atoms with Gasteiger partial charge in [-0.3, -0.25) is 9.59 Å². The van der Waals surface area contributed by atoms with Crippen LogP contribution in [0.2, 0.25) is 0 Å². The first-order chi connectivity index (χ1) is 15.1. The molecule has 1 aromatic carbocycles. The zero-order valence-electron chi connectivity index (χ0n) is 18.2. The van der Waals surface area contributed by atoms with Crippen LogP contribution in [-0.2, 0) is 4.79 Å². The van der Waals surface area contributed by atoms with Crippen LogP contribution in [0, 0.1) is 5.92 Å². The number of piperidine rings is 1. The van der Waals surface area contributed by atoms with E-state index in [0.29, 0.717) is 23.7 Å². The van der Waals surface area contributed by atoms with Crippen molar-refractivity contribution in [1.82, 2.24) is 20.2 Å². The van der Waals surface area contributed by atoms with E-state index in [1.807, 2.05) is 29.2 Å². The Bertz CT molecular complexity index is 956. The van der Waals surface area contributed by atoms with Gasteiger partial charge in [0.1, 0.15) is 23.0 Å². The average Bonchev–Trinajstić information content (AvgIpc) is 3.49. The van der Waals surface area contributed by atoms with E-state index in [1.54, 1.807) is 14.2 Å². The predicted molar refractivity (Wildman–Crippen MR) is 119 cm³/mol. The lowest BCUT2D eigenvalue weighted by atomic mass is 9.95. The van der Waals surface area contributed by atoms with Crippen molar-refractivity contribution in [2.75, 3.05) is 27.2 Å². The minimum absolute atomic E-state index is 0.193. The number of rotatable bonds is 6. The zero-order chi connectivity index (χ0) is 21.8. The van der Waals surface area contributed by atoms with Crippen LogP contribution in [0.3, 0.4) is 0 Å². The lowest BCUT2D eigenvalue weighted by Gasteiger charge is -2.31. The molecule has 2 amide bonds. The van der Waals surface area contributed by atoms with Gasteiger partial charge in [-0.2, -0.15) is 0 Å². The molecule has 7 heteroatoms. The molecule has 4 rings (SSSR count). The van der Waals surface area contributed by atoms with E-state index in [2.05, 4.69) is 22.5 Å². The second kappa shape index (κ2) is 9.37. The van der Waals surface area contributed by atoms with E-state index < -0.39 is 0 Å². The molecule has 0 bridgehead atoms. The van der Waals surface area contributed by atoms with Gasteiger partial charge in [-0.25, -0.2) is 4.98 Å². The van der Waals surface area contributed by atoms with Crippen LogP contribution in [0.4, 0.5) is 0 Å². The van der Waals surface area contributed by atoms with Crippen LogP contribution in [0.25, 0.3) is 11.3 Å². The number of carbonyl (C=O) groups excluding carboxylic acids is 2. The van der Waals surface area contributed by atoms with Crippen molar-refractivity contribution >= 4 is 11.8 Å². The van der Waals surface area contributed by atoms with Crippen molar-refractivity contribution < 1.29 is 14.3 Å². The van der Waals surface area contributed by atoms with Gasteiger partial charge in [0.15, 0.2) is 0 Å². The monoisotopic (exact) mass is 422 g/mol. The van der Waals surface area contributed by atoms with E-state index >= 15 is 0 Å². The SMILES string of the molecule is CNC(=O)c1[nH]c(C2CCN(C(=O)C[C@H]3C=CCC3)CC2)nc1-c1ccc(OC)cc1. The summed E-state index contributed by atoms with van der Waals surface area (Å²) in [6.07, 6.45) is 8.82. The van der Waals surface area contributed by atoms with Gasteiger partial charge in [0.2, 0.25) is 5.91 Å². The van der Waals surface area contributed by atoms with Crippen molar-refractivity contribution in [3.63, 3.8) is 0 Å². The Labute approximate surface area is 182 Å². The van der Waals surface area contributed by atoms with Gasteiger partial charge in [0, 0.05) is 38.0 Å². The highest BCUT2D eigenvalue weighted by Crippen LogP contribution is 2.31. The molecule has 0 radical (unpaired) electrons. The Morgan fingerprint density at radius 1 is 1.19 bits per heavy atom. The topological polar surface area (TPSA) is 87.3 Å². The number of imidazole rings is 1. The number of nitrogens with one attached hydrogen (secondary N) is 2. The number of aromatic amines is 1.